The summed E-state index contributed by atoms with van der Waals surface area (Å²) in [5, 5.41) is 5.75. The Balaban J connectivity index is 0.00000441. The lowest BCUT2D eigenvalue weighted by molar-refractivity contribution is -0.138. The molecular formula is C15H22ClF3N2O. The Hall–Kier alpha value is -1.27. The van der Waals surface area contributed by atoms with Crippen molar-refractivity contribution in [1.82, 2.24) is 10.6 Å². The van der Waals surface area contributed by atoms with Gasteiger partial charge in [0, 0.05) is 19.5 Å². The Morgan fingerprint density at radius 1 is 1.23 bits per heavy atom. The largest absolute Gasteiger partial charge is 0.416 e. The fraction of sp³-hybridized carbons (Fsp3) is 0.533. The molecule has 22 heavy (non-hydrogen) atoms. The maximum atomic E-state index is 12.9. The summed E-state index contributed by atoms with van der Waals surface area (Å²) in [4.78, 5) is 11.7. The third kappa shape index (κ3) is 6.66. The van der Waals surface area contributed by atoms with Crippen LogP contribution in [-0.4, -0.2) is 25.5 Å². The lowest BCUT2D eigenvalue weighted by Crippen LogP contribution is -2.32. The van der Waals surface area contributed by atoms with Gasteiger partial charge < -0.3 is 10.6 Å². The van der Waals surface area contributed by atoms with E-state index in [2.05, 4.69) is 10.6 Å². The third-order valence-electron chi connectivity index (χ3n) is 3.16. The Morgan fingerprint density at radius 3 is 2.45 bits per heavy atom. The van der Waals surface area contributed by atoms with E-state index in [9.17, 15) is 18.0 Å². The second-order valence-corrected chi connectivity index (χ2v) is 4.89. The van der Waals surface area contributed by atoms with Crippen LogP contribution in [0.5, 0.6) is 0 Å². The van der Waals surface area contributed by atoms with Crippen LogP contribution in [0.15, 0.2) is 24.3 Å². The van der Waals surface area contributed by atoms with Crippen molar-refractivity contribution in [2.24, 2.45) is 0 Å². The first-order valence-electron chi connectivity index (χ1n) is 6.99. The number of carbonyl (C=O) groups is 1. The molecule has 0 heterocycles. The molecule has 0 aliphatic carbocycles. The summed E-state index contributed by atoms with van der Waals surface area (Å²) in [6, 6.07) is 5.40. The molecule has 1 amide bonds. The van der Waals surface area contributed by atoms with Gasteiger partial charge in [-0.15, -0.1) is 12.4 Å². The predicted octanol–water partition coefficient (Wildman–Crippen LogP) is 3.35. The molecular weight excluding hydrogens is 317 g/mol. The molecule has 0 fully saturated rings. The number of benzene rings is 1. The summed E-state index contributed by atoms with van der Waals surface area (Å²) in [5.74, 6) is -0.723. The topological polar surface area (TPSA) is 41.1 Å². The highest BCUT2D eigenvalue weighted by atomic mass is 35.5. The zero-order chi connectivity index (χ0) is 15.9. The molecule has 0 bridgehead atoms. The number of halogens is 4. The minimum Gasteiger partial charge on any atom is -0.355 e. The van der Waals surface area contributed by atoms with Gasteiger partial charge in [-0.05, 0) is 24.1 Å². The SMILES string of the molecule is CCNCCNC(=O)CC(C)c1ccccc1C(F)(F)F.Cl. The van der Waals surface area contributed by atoms with Crippen molar-refractivity contribution >= 4 is 18.3 Å². The van der Waals surface area contributed by atoms with Crippen LogP contribution in [-0.2, 0) is 11.0 Å². The van der Waals surface area contributed by atoms with Gasteiger partial charge in [0.15, 0.2) is 0 Å². The van der Waals surface area contributed by atoms with Crippen LogP contribution in [0.4, 0.5) is 13.2 Å². The van der Waals surface area contributed by atoms with Crippen LogP contribution >= 0.6 is 12.4 Å². The molecule has 3 nitrogen and oxygen atoms in total. The molecule has 0 saturated heterocycles. The molecule has 126 valence electrons. The van der Waals surface area contributed by atoms with Crippen LogP contribution < -0.4 is 10.6 Å². The Kier molecular flexibility index (Phi) is 9.13. The summed E-state index contributed by atoms with van der Waals surface area (Å²) in [6.07, 6.45) is -4.36. The van der Waals surface area contributed by atoms with Gasteiger partial charge in [-0.2, -0.15) is 13.2 Å². The van der Waals surface area contributed by atoms with E-state index in [4.69, 9.17) is 0 Å². The van der Waals surface area contributed by atoms with E-state index in [1.807, 2.05) is 6.92 Å². The highest BCUT2D eigenvalue weighted by molar-refractivity contribution is 5.85. The molecule has 0 aliphatic rings. The minimum absolute atomic E-state index is 0. The van der Waals surface area contributed by atoms with Crippen molar-refractivity contribution < 1.29 is 18.0 Å². The first kappa shape index (κ1) is 20.7. The third-order valence-corrected chi connectivity index (χ3v) is 3.16. The lowest BCUT2D eigenvalue weighted by atomic mass is 9.92. The summed E-state index contributed by atoms with van der Waals surface area (Å²) in [6.45, 7) is 5.52. The van der Waals surface area contributed by atoms with Crippen molar-refractivity contribution in [3.05, 3.63) is 35.4 Å². The van der Waals surface area contributed by atoms with Crippen molar-refractivity contribution in [2.75, 3.05) is 19.6 Å². The van der Waals surface area contributed by atoms with Crippen molar-refractivity contribution in [3.63, 3.8) is 0 Å². The number of nitrogens with one attached hydrogen (secondary N) is 2. The maximum absolute atomic E-state index is 12.9. The van der Waals surface area contributed by atoms with Gasteiger partial charge >= 0.3 is 6.18 Å². The smallest absolute Gasteiger partial charge is 0.355 e. The van der Waals surface area contributed by atoms with Gasteiger partial charge in [0.25, 0.3) is 0 Å². The predicted molar refractivity (Wildman–Crippen MR) is 83.3 cm³/mol. The zero-order valence-corrected chi connectivity index (χ0v) is 13.5. The average molecular weight is 339 g/mol. The minimum atomic E-state index is -4.40. The Morgan fingerprint density at radius 2 is 1.86 bits per heavy atom. The van der Waals surface area contributed by atoms with Gasteiger partial charge in [0.1, 0.15) is 0 Å². The summed E-state index contributed by atoms with van der Waals surface area (Å²) in [7, 11) is 0. The van der Waals surface area contributed by atoms with Gasteiger partial charge in [0.2, 0.25) is 5.91 Å². The highest BCUT2D eigenvalue weighted by Crippen LogP contribution is 2.35. The molecule has 2 N–H and O–H groups in total. The molecule has 0 spiro atoms. The van der Waals surface area contributed by atoms with E-state index in [0.717, 1.165) is 12.6 Å². The van der Waals surface area contributed by atoms with Crippen LogP contribution in [0.25, 0.3) is 0 Å². The molecule has 0 radical (unpaired) electrons. The van der Waals surface area contributed by atoms with Gasteiger partial charge in [-0.3, -0.25) is 4.79 Å². The number of hydrogen-bond acceptors (Lipinski definition) is 2. The Labute approximate surface area is 135 Å². The normalized spacial score (nSPS) is 12.4. The number of hydrogen-bond donors (Lipinski definition) is 2. The number of carbonyl (C=O) groups excluding carboxylic acids is 1. The van der Waals surface area contributed by atoms with E-state index in [1.165, 1.54) is 12.1 Å². The number of rotatable bonds is 7. The zero-order valence-electron chi connectivity index (χ0n) is 12.7. The first-order valence-corrected chi connectivity index (χ1v) is 6.99. The van der Waals surface area contributed by atoms with Crippen molar-refractivity contribution in [3.8, 4) is 0 Å². The highest BCUT2D eigenvalue weighted by Gasteiger charge is 2.34. The van der Waals surface area contributed by atoms with Crippen molar-refractivity contribution in [1.29, 1.82) is 0 Å². The maximum Gasteiger partial charge on any atom is 0.416 e. The molecule has 1 aromatic rings. The van der Waals surface area contributed by atoms with E-state index >= 15 is 0 Å². The van der Waals surface area contributed by atoms with E-state index in [1.54, 1.807) is 13.0 Å². The molecule has 0 aliphatic heterocycles. The fourth-order valence-electron chi connectivity index (χ4n) is 2.11. The van der Waals surface area contributed by atoms with Gasteiger partial charge in [-0.1, -0.05) is 32.0 Å². The summed E-state index contributed by atoms with van der Waals surface area (Å²) >= 11 is 0. The van der Waals surface area contributed by atoms with E-state index in [-0.39, 0.29) is 30.3 Å². The summed E-state index contributed by atoms with van der Waals surface area (Å²) < 4.78 is 38.8. The fourth-order valence-corrected chi connectivity index (χ4v) is 2.11. The molecule has 0 aromatic heterocycles. The molecule has 1 atom stereocenters. The number of amides is 1. The molecule has 0 saturated carbocycles. The molecule has 1 unspecified atom stereocenters. The first-order chi connectivity index (χ1) is 9.86. The van der Waals surface area contributed by atoms with Crippen LogP contribution in [0.1, 0.15) is 37.3 Å². The van der Waals surface area contributed by atoms with Gasteiger partial charge in [-0.25, -0.2) is 0 Å². The van der Waals surface area contributed by atoms with Crippen molar-refractivity contribution in [2.45, 2.75) is 32.4 Å². The molecule has 7 heteroatoms. The van der Waals surface area contributed by atoms with E-state index in [0.29, 0.717) is 13.1 Å². The lowest BCUT2D eigenvalue weighted by Gasteiger charge is -2.18. The monoisotopic (exact) mass is 338 g/mol. The van der Waals surface area contributed by atoms with Crippen LogP contribution in [0.3, 0.4) is 0 Å². The molecule has 1 aromatic carbocycles. The number of alkyl halides is 3. The standard InChI is InChI=1S/C15H21F3N2O.ClH/c1-3-19-8-9-20-14(21)10-11(2)12-6-4-5-7-13(12)15(16,17)18;/h4-7,11,19H,3,8-10H2,1-2H3,(H,20,21);1H. The Bertz CT molecular complexity index is 466. The number of likely N-dealkylation sites (N-methyl/N-ethyl adjacent to an activating group) is 1. The van der Waals surface area contributed by atoms with Crippen LogP contribution in [0, 0.1) is 0 Å². The molecule has 1 rings (SSSR count). The quantitative estimate of drug-likeness (QED) is 0.749. The van der Waals surface area contributed by atoms with Gasteiger partial charge in [0.05, 0.1) is 5.56 Å². The second-order valence-electron chi connectivity index (χ2n) is 4.89. The average Bonchev–Trinajstić information content (AvgIpc) is 2.42. The summed E-state index contributed by atoms with van der Waals surface area (Å²) in [5.41, 5.74) is -0.509. The van der Waals surface area contributed by atoms with E-state index < -0.39 is 17.7 Å². The second kappa shape index (κ2) is 9.69. The van der Waals surface area contributed by atoms with Crippen LogP contribution in [0.2, 0.25) is 0 Å².